The van der Waals surface area contributed by atoms with Gasteiger partial charge in [0.2, 0.25) is 11.8 Å². The maximum absolute atomic E-state index is 13.4. The van der Waals surface area contributed by atoms with Crippen LogP contribution >= 0.6 is 22.9 Å². The van der Waals surface area contributed by atoms with Crippen molar-refractivity contribution < 1.29 is 14.4 Å². The number of likely N-dealkylation sites (N-methyl/N-ethyl adjacent to an activating group) is 1. The Bertz CT molecular complexity index is 1050. The molecule has 0 bridgehead atoms. The predicted octanol–water partition coefficient (Wildman–Crippen LogP) is 4.24. The van der Waals surface area contributed by atoms with Gasteiger partial charge in [0.25, 0.3) is 0 Å². The molecule has 0 aliphatic rings. The van der Waals surface area contributed by atoms with E-state index in [1.165, 1.54) is 11.3 Å². The van der Waals surface area contributed by atoms with Crippen LogP contribution in [0.25, 0.3) is 10.2 Å². The second-order valence-corrected chi connectivity index (χ2v) is 10.9. The van der Waals surface area contributed by atoms with Crippen molar-refractivity contribution in [3.8, 4) is 0 Å². The molecule has 9 heteroatoms. The molecule has 2 amide bonds. The SMILES string of the molecule is C=C(CN(C)C)C(=O)CC[C@@H](NC(=O)[C@@H](CC(=O)NC)Cc1nc2ccc(Cl)cc2s1)[C@@H](C)CC. The van der Waals surface area contributed by atoms with E-state index in [9.17, 15) is 14.4 Å². The average molecular weight is 521 g/mol. The number of hydrogen-bond acceptors (Lipinski definition) is 6. The van der Waals surface area contributed by atoms with Crippen LogP contribution in [0, 0.1) is 11.8 Å². The van der Waals surface area contributed by atoms with Gasteiger partial charge in [0.15, 0.2) is 5.78 Å². The van der Waals surface area contributed by atoms with E-state index in [2.05, 4.69) is 36.0 Å². The fourth-order valence-electron chi connectivity index (χ4n) is 3.84. The molecular formula is C26H37ClN4O3S. The van der Waals surface area contributed by atoms with Gasteiger partial charge in [-0.05, 0) is 44.6 Å². The highest BCUT2D eigenvalue weighted by atomic mass is 35.5. The molecule has 2 N–H and O–H groups in total. The number of hydrogen-bond donors (Lipinski definition) is 2. The minimum absolute atomic E-state index is 0.0105. The zero-order chi connectivity index (χ0) is 26.1. The van der Waals surface area contributed by atoms with Crippen LogP contribution < -0.4 is 10.6 Å². The number of amides is 2. The fourth-order valence-corrected chi connectivity index (χ4v) is 5.17. The summed E-state index contributed by atoms with van der Waals surface area (Å²) in [6.45, 7) is 8.54. The van der Waals surface area contributed by atoms with Crippen LogP contribution in [0.5, 0.6) is 0 Å². The minimum atomic E-state index is -0.572. The van der Waals surface area contributed by atoms with E-state index in [1.54, 1.807) is 13.1 Å². The number of carbonyl (C=O) groups is 3. The first kappa shape index (κ1) is 28.9. The fraction of sp³-hybridized carbons (Fsp3) is 0.538. The summed E-state index contributed by atoms with van der Waals surface area (Å²) in [5, 5.41) is 7.16. The molecule has 0 aliphatic heterocycles. The van der Waals surface area contributed by atoms with Crippen molar-refractivity contribution in [1.29, 1.82) is 0 Å². The van der Waals surface area contributed by atoms with Gasteiger partial charge in [0, 0.05) is 49.5 Å². The molecule has 0 unspecified atom stereocenters. The lowest BCUT2D eigenvalue weighted by molar-refractivity contribution is -0.131. The monoisotopic (exact) mass is 520 g/mol. The first-order valence-corrected chi connectivity index (χ1v) is 13.1. The lowest BCUT2D eigenvalue weighted by Crippen LogP contribution is -2.44. The standard InChI is InChI=1S/C26H37ClN4O3S/c1-7-16(2)20(10-11-22(32)17(3)15-31(5)6)30-26(34)18(12-24(33)28-4)13-25-29-21-9-8-19(27)14-23(21)35-25/h8-9,14,16,18,20H,3,7,10-13,15H2,1-2,4-6H3,(H,28,33)(H,30,34)/t16-,18-,20+/m0/s1. The lowest BCUT2D eigenvalue weighted by Gasteiger charge is -2.27. The Hall–Kier alpha value is -2.29. The third-order valence-electron chi connectivity index (χ3n) is 6.14. The molecule has 1 aromatic carbocycles. The maximum atomic E-state index is 13.4. The lowest BCUT2D eigenvalue weighted by atomic mass is 9.91. The van der Waals surface area contributed by atoms with Crippen LogP contribution in [0.4, 0.5) is 0 Å². The number of nitrogens with one attached hydrogen (secondary N) is 2. The van der Waals surface area contributed by atoms with Gasteiger partial charge in [-0.15, -0.1) is 11.3 Å². The van der Waals surface area contributed by atoms with Crippen LogP contribution in [-0.4, -0.2) is 61.2 Å². The average Bonchev–Trinajstić information content (AvgIpc) is 3.21. The summed E-state index contributed by atoms with van der Waals surface area (Å²) in [7, 11) is 5.35. The van der Waals surface area contributed by atoms with Crippen molar-refractivity contribution in [2.45, 2.75) is 52.0 Å². The minimum Gasteiger partial charge on any atom is -0.359 e. The third kappa shape index (κ3) is 9.02. The molecule has 2 rings (SSSR count). The van der Waals surface area contributed by atoms with Crippen molar-refractivity contribution >= 4 is 50.8 Å². The van der Waals surface area contributed by atoms with E-state index < -0.39 is 5.92 Å². The van der Waals surface area contributed by atoms with E-state index in [-0.39, 0.29) is 36.0 Å². The second kappa shape index (κ2) is 13.7. The van der Waals surface area contributed by atoms with Crippen LogP contribution in [0.2, 0.25) is 5.02 Å². The van der Waals surface area contributed by atoms with E-state index in [1.807, 2.05) is 31.1 Å². The molecule has 0 radical (unpaired) electrons. The molecule has 0 saturated heterocycles. The molecular weight excluding hydrogens is 484 g/mol. The molecule has 2 aromatic rings. The van der Waals surface area contributed by atoms with Crippen molar-refractivity contribution in [3.05, 3.63) is 40.4 Å². The zero-order valence-corrected chi connectivity index (χ0v) is 22.9. The second-order valence-electron chi connectivity index (χ2n) is 9.30. The number of nitrogens with zero attached hydrogens (tertiary/aromatic N) is 2. The molecule has 192 valence electrons. The predicted molar refractivity (Wildman–Crippen MR) is 144 cm³/mol. The van der Waals surface area contributed by atoms with Crippen LogP contribution in [0.15, 0.2) is 30.4 Å². The van der Waals surface area contributed by atoms with Gasteiger partial charge in [0.05, 0.1) is 21.1 Å². The Kier molecular flexibility index (Phi) is 11.3. The number of halogens is 1. The largest absolute Gasteiger partial charge is 0.359 e. The molecule has 1 heterocycles. The number of benzene rings is 1. The number of rotatable bonds is 14. The summed E-state index contributed by atoms with van der Waals surface area (Å²) in [6.07, 6.45) is 2.11. The number of thiazole rings is 1. The molecule has 1 aromatic heterocycles. The number of carbonyl (C=O) groups excluding carboxylic acids is 3. The third-order valence-corrected chi connectivity index (χ3v) is 7.42. The number of ketones is 1. The van der Waals surface area contributed by atoms with Gasteiger partial charge in [-0.1, -0.05) is 38.4 Å². The molecule has 3 atom stereocenters. The summed E-state index contributed by atoms with van der Waals surface area (Å²) in [6, 6.07) is 5.32. The van der Waals surface area contributed by atoms with E-state index in [0.717, 1.165) is 21.6 Å². The molecule has 0 saturated carbocycles. The molecule has 0 spiro atoms. The van der Waals surface area contributed by atoms with Crippen molar-refractivity contribution in [2.75, 3.05) is 27.7 Å². The summed E-state index contributed by atoms with van der Waals surface area (Å²) in [5.41, 5.74) is 1.39. The van der Waals surface area contributed by atoms with Gasteiger partial charge in [-0.2, -0.15) is 0 Å². The van der Waals surface area contributed by atoms with Crippen LogP contribution in [-0.2, 0) is 20.8 Å². The van der Waals surface area contributed by atoms with E-state index in [4.69, 9.17) is 11.6 Å². The highest BCUT2D eigenvalue weighted by Gasteiger charge is 2.28. The van der Waals surface area contributed by atoms with Gasteiger partial charge >= 0.3 is 0 Å². The van der Waals surface area contributed by atoms with Crippen LogP contribution in [0.1, 0.15) is 44.5 Å². The van der Waals surface area contributed by atoms with Crippen molar-refractivity contribution in [3.63, 3.8) is 0 Å². The summed E-state index contributed by atoms with van der Waals surface area (Å²) >= 11 is 7.58. The summed E-state index contributed by atoms with van der Waals surface area (Å²) < 4.78 is 0.945. The highest BCUT2D eigenvalue weighted by molar-refractivity contribution is 7.18. The van der Waals surface area contributed by atoms with Crippen molar-refractivity contribution in [2.24, 2.45) is 11.8 Å². The van der Waals surface area contributed by atoms with Gasteiger partial charge in [-0.25, -0.2) is 4.98 Å². The summed E-state index contributed by atoms with van der Waals surface area (Å²) in [5.74, 6) is -0.785. The Morgan fingerprint density at radius 2 is 1.97 bits per heavy atom. The molecule has 7 nitrogen and oxygen atoms in total. The Morgan fingerprint density at radius 3 is 2.60 bits per heavy atom. The Balaban J connectivity index is 2.14. The Morgan fingerprint density at radius 1 is 1.26 bits per heavy atom. The number of aromatic nitrogens is 1. The summed E-state index contributed by atoms with van der Waals surface area (Å²) in [4.78, 5) is 44.7. The normalized spacial score (nSPS) is 13.9. The van der Waals surface area contributed by atoms with Crippen LogP contribution in [0.3, 0.4) is 0 Å². The van der Waals surface area contributed by atoms with Gasteiger partial charge in [-0.3, -0.25) is 14.4 Å². The number of fused-ring (bicyclic) bond motifs is 1. The van der Waals surface area contributed by atoms with E-state index >= 15 is 0 Å². The van der Waals surface area contributed by atoms with Crippen molar-refractivity contribution in [1.82, 2.24) is 20.5 Å². The topological polar surface area (TPSA) is 91.4 Å². The maximum Gasteiger partial charge on any atom is 0.224 e. The van der Waals surface area contributed by atoms with Gasteiger partial charge < -0.3 is 15.5 Å². The zero-order valence-electron chi connectivity index (χ0n) is 21.3. The quantitative estimate of drug-likeness (QED) is 0.363. The highest BCUT2D eigenvalue weighted by Crippen LogP contribution is 2.27. The molecule has 0 aliphatic carbocycles. The molecule has 0 fully saturated rings. The van der Waals surface area contributed by atoms with Gasteiger partial charge in [0.1, 0.15) is 0 Å². The number of Topliss-reactive ketones (excluding diaryl/α,β-unsaturated/α-hetero) is 1. The Labute approximate surface area is 217 Å². The first-order valence-electron chi connectivity index (χ1n) is 12.0. The molecule has 35 heavy (non-hydrogen) atoms. The van der Waals surface area contributed by atoms with E-state index in [0.29, 0.717) is 36.4 Å². The smallest absolute Gasteiger partial charge is 0.224 e. The first-order chi connectivity index (χ1) is 16.5.